The average molecular weight is 529 g/mol. The molecule has 2 N–H and O–H groups in total. The number of pyridine rings is 1. The lowest BCUT2D eigenvalue weighted by Gasteiger charge is -2.38. The first-order chi connectivity index (χ1) is 18.3. The number of aryl methyl sites for hydroxylation is 2. The highest BCUT2D eigenvalue weighted by Gasteiger charge is 2.47. The van der Waals surface area contributed by atoms with Gasteiger partial charge in [-0.1, -0.05) is 12.1 Å². The highest BCUT2D eigenvalue weighted by molar-refractivity contribution is 7.15. The number of aromatic nitrogens is 2. The van der Waals surface area contributed by atoms with Crippen LogP contribution in [0.3, 0.4) is 0 Å². The first kappa shape index (κ1) is 24.4. The number of ether oxygens (including phenoxy) is 1. The maximum Gasteiger partial charge on any atom is 0.407 e. The number of nitrogens with one attached hydrogen (secondary N) is 1. The van der Waals surface area contributed by atoms with Crippen LogP contribution in [0.4, 0.5) is 4.79 Å². The van der Waals surface area contributed by atoms with Gasteiger partial charge in [0.2, 0.25) is 0 Å². The molecule has 1 atom stereocenters. The van der Waals surface area contributed by atoms with E-state index in [4.69, 9.17) is 4.74 Å². The Labute approximate surface area is 224 Å². The van der Waals surface area contributed by atoms with Crippen LogP contribution < -0.4 is 10.1 Å². The van der Waals surface area contributed by atoms with Crippen LogP contribution in [0, 0.1) is 13.8 Å². The summed E-state index contributed by atoms with van der Waals surface area (Å²) in [6, 6.07) is 13.5. The van der Waals surface area contributed by atoms with E-state index in [0.29, 0.717) is 17.9 Å². The second kappa shape index (κ2) is 9.40. The van der Waals surface area contributed by atoms with Crippen molar-refractivity contribution in [3.63, 3.8) is 0 Å². The summed E-state index contributed by atoms with van der Waals surface area (Å²) in [5, 5.41) is 14.6. The van der Waals surface area contributed by atoms with Crippen LogP contribution in [0.2, 0.25) is 0 Å². The van der Waals surface area contributed by atoms with E-state index in [-0.39, 0.29) is 18.6 Å². The summed E-state index contributed by atoms with van der Waals surface area (Å²) in [5.41, 5.74) is 3.95. The smallest absolute Gasteiger partial charge is 0.407 e. The largest absolute Gasteiger partial charge is 0.491 e. The first-order valence-electron chi connectivity index (χ1n) is 12.7. The van der Waals surface area contributed by atoms with Gasteiger partial charge >= 0.3 is 6.09 Å². The van der Waals surface area contributed by atoms with Crippen molar-refractivity contribution in [2.45, 2.75) is 44.7 Å². The molecule has 0 radical (unpaired) electrons. The minimum Gasteiger partial charge on any atom is -0.491 e. The second-order valence-electron chi connectivity index (χ2n) is 10.1. The van der Waals surface area contributed by atoms with Gasteiger partial charge in [0.25, 0.3) is 5.91 Å². The van der Waals surface area contributed by atoms with Gasteiger partial charge in [-0.15, -0.1) is 11.3 Å². The van der Waals surface area contributed by atoms with Gasteiger partial charge in [-0.3, -0.25) is 9.78 Å². The molecule has 2 aliphatic rings. The number of amides is 2. The Balaban J connectivity index is 1.26. The summed E-state index contributed by atoms with van der Waals surface area (Å²) in [4.78, 5) is 36.3. The fourth-order valence-corrected chi connectivity index (χ4v) is 5.85. The Hall–Kier alpha value is -3.98. The SMILES string of the molecule is Cc1ncc(-c2cc(C3(NC(=O)c4cc(OCC5CCN5C(=O)O)ccc4C)CC3)c3cccnc3c2)s1. The topological polar surface area (TPSA) is 105 Å². The molecule has 2 amide bonds. The van der Waals surface area contributed by atoms with Crippen molar-refractivity contribution >= 4 is 34.2 Å². The second-order valence-corrected chi connectivity index (χ2v) is 11.3. The molecule has 194 valence electrons. The molecular formula is C29H28N4O4S. The summed E-state index contributed by atoms with van der Waals surface area (Å²) in [6.07, 6.45) is 5.21. The van der Waals surface area contributed by atoms with Gasteiger partial charge in [-0.2, -0.15) is 0 Å². The van der Waals surface area contributed by atoms with Gasteiger partial charge in [0.1, 0.15) is 12.4 Å². The zero-order valence-corrected chi connectivity index (χ0v) is 22.0. The van der Waals surface area contributed by atoms with Crippen molar-refractivity contribution in [1.82, 2.24) is 20.2 Å². The number of nitrogens with zero attached hydrogens (tertiary/aromatic N) is 3. The molecular weight excluding hydrogens is 500 g/mol. The molecule has 2 fully saturated rings. The van der Waals surface area contributed by atoms with E-state index >= 15 is 0 Å². The number of hydrogen-bond acceptors (Lipinski definition) is 6. The molecule has 0 bridgehead atoms. The predicted octanol–water partition coefficient (Wildman–Crippen LogP) is 5.53. The molecule has 2 aromatic carbocycles. The third-order valence-electron chi connectivity index (χ3n) is 7.53. The summed E-state index contributed by atoms with van der Waals surface area (Å²) < 4.78 is 5.89. The summed E-state index contributed by atoms with van der Waals surface area (Å²) >= 11 is 1.64. The van der Waals surface area contributed by atoms with Gasteiger partial charge in [-0.25, -0.2) is 9.78 Å². The molecule has 3 heterocycles. The van der Waals surface area contributed by atoms with Crippen molar-refractivity contribution in [2.24, 2.45) is 0 Å². The van der Waals surface area contributed by atoms with E-state index in [2.05, 4.69) is 33.5 Å². The molecule has 1 aliphatic heterocycles. The number of thiazole rings is 1. The van der Waals surface area contributed by atoms with Crippen molar-refractivity contribution < 1.29 is 19.4 Å². The van der Waals surface area contributed by atoms with Gasteiger partial charge in [0, 0.05) is 29.9 Å². The Morgan fingerprint density at radius 1 is 1.18 bits per heavy atom. The van der Waals surface area contributed by atoms with Crippen molar-refractivity contribution in [2.75, 3.05) is 13.2 Å². The Bertz CT molecular complexity index is 1560. The van der Waals surface area contributed by atoms with Gasteiger partial charge in [0.05, 0.1) is 27.0 Å². The highest BCUT2D eigenvalue weighted by Crippen LogP contribution is 2.49. The standard InChI is InChI=1S/C29H28N4O4S/c1-17-5-6-21(37-16-20-7-11-33(20)28(35)36)14-23(17)27(34)32-29(8-9-29)24-12-19(26-15-31-18(2)38-26)13-25-22(24)4-3-10-30-25/h3-6,10,12-15,20H,7-9,11,16H2,1-2H3,(H,32,34)(H,35,36). The summed E-state index contributed by atoms with van der Waals surface area (Å²) in [6.45, 7) is 4.69. The molecule has 1 saturated carbocycles. The lowest BCUT2D eigenvalue weighted by atomic mass is 9.95. The third kappa shape index (κ3) is 4.47. The molecule has 6 rings (SSSR count). The number of likely N-dealkylation sites (tertiary alicyclic amines) is 1. The Morgan fingerprint density at radius 3 is 2.71 bits per heavy atom. The van der Waals surface area contributed by atoms with Gasteiger partial charge < -0.3 is 20.1 Å². The number of fused-ring (bicyclic) bond motifs is 1. The molecule has 8 nitrogen and oxygen atoms in total. The summed E-state index contributed by atoms with van der Waals surface area (Å²) in [5.74, 6) is 0.400. The maximum absolute atomic E-state index is 13.6. The van der Waals surface area contributed by atoms with Crippen LogP contribution in [0.15, 0.2) is 54.9 Å². The number of hydrogen-bond donors (Lipinski definition) is 2. The van der Waals surface area contributed by atoms with Crippen molar-refractivity contribution in [1.29, 1.82) is 0 Å². The maximum atomic E-state index is 13.6. The van der Waals surface area contributed by atoms with E-state index in [1.54, 1.807) is 23.6 Å². The lowest BCUT2D eigenvalue weighted by Crippen LogP contribution is -2.53. The number of carbonyl (C=O) groups excluding carboxylic acids is 1. The molecule has 1 unspecified atom stereocenters. The molecule has 1 aliphatic carbocycles. The normalized spacial score (nSPS) is 17.6. The van der Waals surface area contributed by atoms with E-state index in [1.807, 2.05) is 38.2 Å². The molecule has 38 heavy (non-hydrogen) atoms. The number of benzene rings is 2. The fraction of sp³-hybridized carbons (Fsp3) is 0.310. The monoisotopic (exact) mass is 528 g/mol. The molecule has 4 aromatic rings. The minimum atomic E-state index is -0.930. The van der Waals surface area contributed by atoms with Crippen LogP contribution in [-0.4, -0.2) is 51.2 Å². The van der Waals surface area contributed by atoms with Crippen LogP contribution in [0.25, 0.3) is 21.3 Å². The van der Waals surface area contributed by atoms with E-state index in [9.17, 15) is 14.7 Å². The fourth-order valence-electron chi connectivity index (χ4n) is 5.08. The van der Waals surface area contributed by atoms with Crippen molar-refractivity contribution in [3.8, 4) is 16.2 Å². The predicted molar refractivity (Wildman–Crippen MR) is 146 cm³/mol. The molecule has 0 spiro atoms. The first-order valence-corrected chi connectivity index (χ1v) is 13.5. The van der Waals surface area contributed by atoms with E-state index in [1.165, 1.54) is 4.90 Å². The molecule has 1 saturated heterocycles. The lowest BCUT2D eigenvalue weighted by molar-refractivity contribution is 0.0499. The zero-order chi connectivity index (χ0) is 26.4. The number of carboxylic acid groups (broad SMARTS) is 1. The number of carbonyl (C=O) groups is 2. The Morgan fingerprint density at radius 2 is 2.03 bits per heavy atom. The van der Waals surface area contributed by atoms with Crippen LogP contribution >= 0.6 is 11.3 Å². The van der Waals surface area contributed by atoms with E-state index in [0.717, 1.165) is 56.7 Å². The molecule has 2 aromatic heterocycles. The van der Waals surface area contributed by atoms with Gasteiger partial charge in [0.15, 0.2) is 0 Å². The number of rotatable bonds is 7. The highest BCUT2D eigenvalue weighted by atomic mass is 32.1. The zero-order valence-electron chi connectivity index (χ0n) is 21.2. The van der Waals surface area contributed by atoms with E-state index < -0.39 is 11.6 Å². The molecule has 9 heteroatoms. The Kier molecular flexibility index (Phi) is 6.03. The van der Waals surface area contributed by atoms with Crippen molar-refractivity contribution in [3.05, 3.63) is 76.6 Å². The van der Waals surface area contributed by atoms with Crippen LogP contribution in [0.5, 0.6) is 5.75 Å². The summed E-state index contributed by atoms with van der Waals surface area (Å²) in [7, 11) is 0. The van der Waals surface area contributed by atoms with Gasteiger partial charge in [-0.05, 0) is 80.1 Å². The minimum absolute atomic E-state index is 0.155. The third-order valence-corrected chi connectivity index (χ3v) is 8.49. The van der Waals surface area contributed by atoms with Crippen LogP contribution in [-0.2, 0) is 5.54 Å². The van der Waals surface area contributed by atoms with Crippen LogP contribution in [0.1, 0.15) is 45.8 Å². The average Bonchev–Trinajstić information content (AvgIpc) is 3.52. The quantitative estimate of drug-likeness (QED) is 0.327.